The quantitative estimate of drug-likeness (QED) is 0.520. The van der Waals surface area contributed by atoms with Gasteiger partial charge in [0.1, 0.15) is 5.75 Å². The third kappa shape index (κ3) is 6.74. The number of nitrogens with one attached hydrogen (secondary N) is 2. The Labute approximate surface area is 185 Å². The van der Waals surface area contributed by atoms with Crippen LogP contribution in [0.1, 0.15) is 43.2 Å². The lowest BCUT2D eigenvalue weighted by Crippen LogP contribution is -2.36. The minimum Gasteiger partial charge on any atom is -0.495 e. The highest BCUT2D eigenvalue weighted by Crippen LogP contribution is 2.25. The Hall–Kier alpha value is -3.02. The molecular formula is C25H33N3O3. The van der Waals surface area contributed by atoms with Crippen molar-refractivity contribution in [1.82, 2.24) is 5.32 Å². The average Bonchev–Trinajstić information content (AvgIpc) is 3.07. The summed E-state index contributed by atoms with van der Waals surface area (Å²) in [6, 6.07) is 14.1. The largest absolute Gasteiger partial charge is 0.495 e. The molecule has 0 bridgehead atoms. The fourth-order valence-corrected chi connectivity index (χ4v) is 3.88. The number of carbonyl (C=O) groups excluding carboxylic acids is 2. The molecule has 0 unspecified atom stereocenters. The van der Waals surface area contributed by atoms with Gasteiger partial charge in [0.25, 0.3) is 0 Å². The van der Waals surface area contributed by atoms with Gasteiger partial charge in [0.15, 0.2) is 0 Å². The number of benzene rings is 2. The van der Waals surface area contributed by atoms with E-state index in [4.69, 9.17) is 4.74 Å². The zero-order valence-electron chi connectivity index (χ0n) is 18.6. The molecule has 3 rings (SSSR count). The van der Waals surface area contributed by atoms with Crippen LogP contribution in [0, 0.1) is 6.92 Å². The van der Waals surface area contributed by atoms with Crippen molar-refractivity contribution in [2.24, 2.45) is 0 Å². The monoisotopic (exact) mass is 423 g/mol. The second-order valence-electron chi connectivity index (χ2n) is 8.09. The van der Waals surface area contributed by atoms with E-state index >= 15 is 0 Å². The summed E-state index contributed by atoms with van der Waals surface area (Å²) in [5.41, 5.74) is 3.99. The van der Waals surface area contributed by atoms with Crippen LogP contribution in [0.5, 0.6) is 5.75 Å². The Morgan fingerprint density at radius 3 is 2.35 bits per heavy atom. The molecule has 2 N–H and O–H groups in total. The topological polar surface area (TPSA) is 70.7 Å². The Bertz CT molecular complexity index is 872. The van der Waals surface area contributed by atoms with Crippen molar-refractivity contribution in [3.63, 3.8) is 0 Å². The third-order valence-electron chi connectivity index (χ3n) is 5.64. The van der Waals surface area contributed by atoms with Gasteiger partial charge in [-0.15, -0.1) is 0 Å². The summed E-state index contributed by atoms with van der Waals surface area (Å²) in [6.07, 6.45) is 6.83. The highest BCUT2D eigenvalue weighted by atomic mass is 16.5. The van der Waals surface area contributed by atoms with Gasteiger partial charge < -0.3 is 20.3 Å². The maximum absolute atomic E-state index is 12.2. The van der Waals surface area contributed by atoms with E-state index < -0.39 is 11.8 Å². The standard InChI is InChI=1S/C25H33N3O3/c1-19-9-14-23(31-2)22(18-19)27-25(30)24(29)26-15-7-8-20-10-12-21(13-11-20)28-16-5-3-4-6-17-28/h9-14,18H,3-8,15-17H2,1-2H3,(H,26,29)(H,27,30). The highest BCUT2D eigenvalue weighted by Gasteiger charge is 2.15. The number of anilines is 2. The van der Waals surface area contributed by atoms with Gasteiger partial charge in [-0.05, 0) is 68.0 Å². The van der Waals surface area contributed by atoms with Crippen LogP contribution in [-0.4, -0.2) is 38.6 Å². The number of ether oxygens (including phenoxy) is 1. The molecule has 1 saturated heterocycles. The van der Waals surface area contributed by atoms with Crippen LogP contribution in [0.25, 0.3) is 0 Å². The number of aryl methyl sites for hydroxylation is 2. The summed E-state index contributed by atoms with van der Waals surface area (Å²) in [4.78, 5) is 26.8. The van der Waals surface area contributed by atoms with Gasteiger partial charge in [0.2, 0.25) is 0 Å². The van der Waals surface area contributed by atoms with Gasteiger partial charge in [-0.3, -0.25) is 9.59 Å². The minimum atomic E-state index is -0.689. The zero-order valence-corrected chi connectivity index (χ0v) is 18.6. The van der Waals surface area contributed by atoms with Crippen molar-refractivity contribution in [2.45, 2.75) is 45.4 Å². The number of methoxy groups -OCH3 is 1. The maximum Gasteiger partial charge on any atom is 0.313 e. The first kappa shape index (κ1) is 22.7. The number of nitrogens with zero attached hydrogens (tertiary/aromatic N) is 1. The minimum absolute atomic E-state index is 0.449. The molecule has 6 heteroatoms. The molecule has 2 aromatic rings. The number of hydrogen-bond donors (Lipinski definition) is 2. The average molecular weight is 424 g/mol. The Morgan fingerprint density at radius 2 is 1.68 bits per heavy atom. The predicted molar refractivity (Wildman–Crippen MR) is 125 cm³/mol. The molecule has 0 atom stereocenters. The third-order valence-corrected chi connectivity index (χ3v) is 5.64. The lowest BCUT2D eigenvalue weighted by Gasteiger charge is -2.22. The van der Waals surface area contributed by atoms with Crippen LogP contribution in [0.4, 0.5) is 11.4 Å². The van der Waals surface area contributed by atoms with E-state index in [-0.39, 0.29) is 0 Å². The molecule has 1 fully saturated rings. The van der Waals surface area contributed by atoms with E-state index in [2.05, 4.69) is 39.8 Å². The fourth-order valence-electron chi connectivity index (χ4n) is 3.88. The molecule has 2 amide bonds. The first-order valence-electron chi connectivity index (χ1n) is 11.1. The van der Waals surface area contributed by atoms with E-state index in [0.29, 0.717) is 18.0 Å². The SMILES string of the molecule is COc1ccc(C)cc1NC(=O)C(=O)NCCCc1ccc(N2CCCCCC2)cc1. The molecule has 0 aromatic heterocycles. The Balaban J connectivity index is 1.41. The van der Waals surface area contributed by atoms with Gasteiger partial charge in [-0.1, -0.05) is 31.0 Å². The highest BCUT2D eigenvalue weighted by molar-refractivity contribution is 6.39. The van der Waals surface area contributed by atoms with Crippen molar-refractivity contribution in [3.05, 3.63) is 53.6 Å². The summed E-state index contributed by atoms with van der Waals surface area (Å²) in [6.45, 7) is 4.64. The van der Waals surface area contributed by atoms with E-state index in [1.165, 1.54) is 44.0 Å². The van der Waals surface area contributed by atoms with E-state index in [9.17, 15) is 9.59 Å². The van der Waals surface area contributed by atoms with Crippen molar-refractivity contribution < 1.29 is 14.3 Å². The predicted octanol–water partition coefficient (Wildman–Crippen LogP) is 4.07. The van der Waals surface area contributed by atoms with Crippen LogP contribution in [0.3, 0.4) is 0 Å². The summed E-state index contributed by atoms with van der Waals surface area (Å²) in [5, 5.41) is 5.32. The lowest BCUT2D eigenvalue weighted by atomic mass is 10.1. The van der Waals surface area contributed by atoms with Gasteiger partial charge in [0.05, 0.1) is 12.8 Å². The van der Waals surface area contributed by atoms with E-state index in [1.807, 2.05) is 13.0 Å². The zero-order chi connectivity index (χ0) is 22.1. The molecule has 0 spiro atoms. The molecule has 6 nitrogen and oxygen atoms in total. The summed E-state index contributed by atoms with van der Waals surface area (Å²) < 4.78 is 5.23. The van der Waals surface area contributed by atoms with E-state index in [0.717, 1.165) is 31.5 Å². The second kappa shape index (κ2) is 11.4. The van der Waals surface area contributed by atoms with Crippen LogP contribution >= 0.6 is 0 Å². The molecule has 2 aromatic carbocycles. The van der Waals surface area contributed by atoms with Crippen LogP contribution in [0.2, 0.25) is 0 Å². The first-order valence-corrected chi connectivity index (χ1v) is 11.1. The molecule has 0 aliphatic carbocycles. The van der Waals surface area contributed by atoms with Gasteiger partial charge in [0, 0.05) is 25.3 Å². The molecular weight excluding hydrogens is 390 g/mol. The fraction of sp³-hybridized carbons (Fsp3) is 0.440. The van der Waals surface area contributed by atoms with Crippen LogP contribution in [-0.2, 0) is 16.0 Å². The second-order valence-corrected chi connectivity index (χ2v) is 8.09. The Morgan fingerprint density at radius 1 is 0.968 bits per heavy atom. The molecule has 31 heavy (non-hydrogen) atoms. The van der Waals surface area contributed by atoms with Crippen molar-refractivity contribution in [1.29, 1.82) is 0 Å². The molecule has 0 saturated carbocycles. The van der Waals surface area contributed by atoms with Gasteiger partial charge >= 0.3 is 11.8 Å². The normalized spacial score (nSPS) is 13.9. The van der Waals surface area contributed by atoms with Crippen molar-refractivity contribution >= 4 is 23.2 Å². The number of amides is 2. The van der Waals surface area contributed by atoms with E-state index in [1.54, 1.807) is 12.1 Å². The Kier molecular flexibility index (Phi) is 8.33. The van der Waals surface area contributed by atoms with Crippen molar-refractivity contribution in [3.8, 4) is 5.75 Å². The van der Waals surface area contributed by atoms with Gasteiger partial charge in [-0.25, -0.2) is 0 Å². The molecule has 0 radical (unpaired) electrons. The van der Waals surface area contributed by atoms with Crippen LogP contribution < -0.4 is 20.3 Å². The summed E-state index contributed by atoms with van der Waals surface area (Å²) in [5.74, 6) is -0.804. The smallest absolute Gasteiger partial charge is 0.313 e. The lowest BCUT2D eigenvalue weighted by molar-refractivity contribution is -0.136. The molecule has 1 aliphatic rings. The maximum atomic E-state index is 12.2. The summed E-state index contributed by atoms with van der Waals surface area (Å²) in [7, 11) is 1.53. The van der Waals surface area contributed by atoms with Crippen molar-refractivity contribution in [2.75, 3.05) is 37.0 Å². The van der Waals surface area contributed by atoms with Gasteiger partial charge in [-0.2, -0.15) is 0 Å². The van der Waals surface area contributed by atoms with Crippen LogP contribution in [0.15, 0.2) is 42.5 Å². The first-order chi connectivity index (χ1) is 15.1. The molecule has 166 valence electrons. The number of rotatable bonds is 7. The number of hydrogen-bond acceptors (Lipinski definition) is 4. The molecule has 1 heterocycles. The summed E-state index contributed by atoms with van der Waals surface area (Å²) >= 11 is 0. The number of carbonyl (C=O) groups is 2. The molecule has 1 aliphatic heterocycles.